The van der Waals surface area contributed by atoms with Crippen LogP contribution in [0.2, 0.25) is 0 Å². The van der Waals surface area contributed by atoms with Crippen molar-refractivity contribution in [3.63, 3.8) is 0 Å². The van der Waals surface area contributed by atoms with Crippen LogP contribution in [0.3, 0.4) is 0 Å². The van der Waals surface area contributed by atoms with Crippen molar-refractivity contribution in [1.82, 2.24) is 0 Å². The fourth-order valence-electron chi connectivity index (χ4n) is 3.99. The van der Waals surface area contributed by atoms with Gasteiger partial charge in [0.25, 0.3) is 0 Å². The first-order valence-electron chi connectivity index (χ1n) is 9.68. The lowest BCUT2D eigenvalue weighted by molar-refractivity contribution is -0.113. The summed E-state index contributed by atoms with van der Waals surface area (Å²) in [6, 6.07) is 0. The highest BCUT2D eigenvalue weighted by atomic mass is 35.5. The van der Waals surface area contributed by atoms with Gasteiger partial charge in [-0.25, -0.2) is 0 Å². The maximum Gasteiger partial charge on any atom is 0.234 e. The van der Waals surface area contributed by atoms with Crippen molar-refractivity contribution in [2.75, 3.05) is 0 Å². The fourth-order valence-corrected chi connectivity index (χ4v) is 4.34. The molecule has 1 saturated carbocycles. The molecule has 1 fully saturated rings. The van der Waals surface area contributed by atoms with E-state index in [1.165, 1.54) is 44.9 Å². The van der Waals surface area contributed by atoms with Crippen LogP contribution in [0.4, 0.5) is 0 Å². The van der Waals surface area contributed by atoms with E-state index in [-0.39, 0.29) is 11.3 Å². The Balaban J connectivity index is 2.52. The molecule has 1 aliphatic carbocycles. The van der Waals surface area contributed by atoms with Crippen LogP contribution in [-0.4, -0.2) is 22.2 Å². The third kappa shape index (κ3) is 10.2. The van der Waals surface area contributed by atoms with Gasteiger partial charge in [0.2, 0.25) is 11.0 Å². The van der Waals surface area contributed by atoms with Crippen LogP contribution in [0, 0.1) is 11.8 Å². The van der Waals surface area contributed by atoms with Gasteiger partial charge in [0.05, 0.1) is 6.10 Å². The summed E-state index contributed by atoms with van der Waals surface area (Å²) in [5.74, 6) is -0.133. The molecule has 4 atom stereocenters. The van der Waals surface area contributed by atoms with Crippen molar-refractivity contribution in [2.45, 2.75) is 102 Å². The predicted octanol–water partition coefficient (Wildman–Crippen LogP) is 5.99. The van der Waals surface area contributed by atoms with Crippen LogP contribution in [0.25, 0.3) is 0 Å². The average Bonchev–Trinajstić information content (AvgIpc) is 2.54. The third-order valence-corrected chi connectivity index (χ3v) is 5.63. The largest absolute Gasteiger partial charge is 0.356 e. The van der Waals surface area contributed by atoms with Gasteiger partial charge in [0.15, 0.2) is 0 Å². The average molecular weight is 381 g/mol. The lowest BCUT2D eigenvalue weighted by atomic mass is 9.80. The lowest BCUT2D eigenvalue weighted by Crippen LogP contribution is -2.18. The van der Waals surface area contributed by atoms with Gasteiger partial charge in [-0.05, 0) is 36.3 Å². The number of carbonyl (C=O) groups is 1. The molecule has 4 unspecified atom stereocenters. The topological polar surface area (TPSA) is 46.5 Å². The van der Waals surface area contributed by atoms with E-state index < -0.39 is 5.75 Å². The number of aliphatic hydroxyl groups excluding tert-OH is 1. The maximum atomic E-state index is 11.3. The molecular weight excluding hydrogens is 347 g/mol. The molecule has 0 bridgehead atoms. The normalized spacial score (nSPS) is 27.3. The molecule has 0 aromatic heterocycles. The zero-order valence-electron chi connectivity index (χ0n) is 15.0. The van der Waals surface area contributed by atoms with E-state index in [9.17, 15) is 9.90 Å². The highest BCUT2D eigenvalue weighted by Gasteiger charge is 2.22. The molecule has 0 amide bonds. The number of hydrogen-bond donors (Lipinski definition) is 1. The second-order valence-electron chi connectivity index (χ2n) is 7.17. The molecule has 0 spiro atoms. The number of aliphatic hydroxyl groups is 1. The molecule has 1 aliphatic rings. The Morgan fingerprint density at radius 3 is 2.00 bits per heavy atom. The highest BCUT2D eigenvalue weighted by Crippen LogP contribution is 2.31. The van der Waals surface area contributed by atoms with Gasteiger partial charge in [-0.1, -0.05) is 82.7 Å². The molecule has 24 heavy (non-hydrogen) atoms. The Hall–Kier alpha value is 0.170. The van der Waals surface area contributed by atoms with Crippen LogP contribution in [0.5, 0.6) is 0 Å². The van der Waals surface area contributed by atoms with E-state index in [1.807, 2.05) is 0 Å². The van der Waals surface area contributed by atoms with E-state index in [0.717, 1.165) is 32.1 Å². The van der Waals surface area contributed by atoms with Crippen LogP contribution in [-0.2, 0) is 9.53 Å². The van der Waals surface area contributed by atoms with Crippen molar-refractivity contribution in [1.29, 1.82) is 0 Å². The highest BCUT2D eigenvalue weighted by molar-refractivity contribution is 6.63. The number of carbonyl (C=O) groups excluding carboxylic acids is 1. The van der Waals surface area contributed by atoms with Crippen LogP contribution in [0.1, 0.15) is 90.4 Å². The van der Waals surface area contributed by atoms with E-state index in [2.05, 4.69) is 6.92 Å². The Labute approximate surface area is 157 Å². The van der Waals surface area contributed by atoms with Gasteiger partial charge < -0.3 is 9.84 Å². The minimum atomic E-state index is -1.19. The van der Waals surface area contributed by atoms with Gasteiger partial charge in [-0.2, -0.15) is 0 Å². The summed E-state index contributed by atoms with van der Waals surface area (Å²) in [4.78, 5) is 11.3. The SMILES string of the molecule is CCC(CC(=O)Cl)C1CCCCCCC(OC(O)Cl)CCCCC1. The standard InChI is InChI=1S/C19H34Cl2O3/c1-2-15(14-18(20)22)16-10-6-3-4-8-12-17(24-19(21)23)13-9-5-7-11-16/h15-17,19,23H,2-14H2,1H3. The number of ether oxygens (including phenoxy) is 1. The van der Waals surface area contributed by atoms with E-state index in [0.29, 0.717) is 18.3 Å². The first-order valence-corrected chi connectivity index (χ1v) is 10.5. The van der Waals surface area contributed by atoms with Crippen molar-refractivity contribution >= 4 is 28.4 Å². The molecule has 0 aromatic carbocycles. The third-order valence-electron chi connectivity index (χ3n) is 5.37. The van der Waals surface area contributed by atoms with Gasteiger partial charge in [-0.15, -0.1) is 0 Å². The van der Waals surface area contributed by atoms with E-state index >= 15 is 0 Å². The number of alkyl halides is 1. The molecule has 0 aliphatic heterocycles. The molecule has 0 saturated heterocycles. The van der Waals surface area contributed by atoms with E-state index in [1.54, 1.807) is 0 Å². The van der Waals surface area contributed by atoms with Crippen molar-refractivity contribution in [2.24, 2.45) is 11.8 Å². The van der Waals surface area contributed by atoms with Gasteiger partial charge in [0, 0.05) is 6.42 Å². The Kier molecular flexibility index (Phi) is 12.4. The molecule has 1 rings (SSSR count). The van der Waals surface area contributed by atoms with Gasteiger partial charge in [0.1, 0.15) is 0 Å². The minimum absolute atomic E-state index is 0.0753. The maximum absolute atomic E-state index is 11.3. The number of halogens is 2. The molecule has 0 radical (unpaired) electrons. The first-order chi connectivity index (χ1) is 11.5. The molecule has 0 aromatic rings. The minimum Gasteiger partial charge on any atom is -0.356 e. The Morgan fingerprint density at radius 1 is 1.04 bits per heavy atom. The lowest BCUT2D eigenvalue weighted by Gasteiger charge is -2.25. The number of hydrogen-bond acceptors (Lipinski definition) is 3. The monoisotopic (exact) mass is 380 g/mol. The summed E-state index contributed by atoms with van der Waals surface area (Å²) in [5, 5.41) is 9.05. The zero-order chi connectivity index (χ0) is 17.8. The molecule has 0 heterocycles. The van der Waals surface area contributed by atoms with Gasteiger partial charge >= 0.3 is 0 Å². The second kappa shape index (κ2) is 13.4. The van der Waals surface area contributed by atoms with E-state index in [4.69, 9.17) is 27.9 Å². The summed E-state index contributed by atoms with van der Waals surface area (Å²) in [6.45, 7) is 2.17. The Bertz CT molecular complexity index is 337. The second-order valence-corrected chi connectivity index (χ2v) is 7.96. The first kappa shape index (κ1) is 22.2. The summed E-state index contributed by atoms with van der Waals surface area (Å²) in [5.41, 5.74) is 0. The molecule has 1 N–H and O–H groups in total. The Morgan fingerprint density at radius 2 is 1.54 bits per heavy atom. The smallest absolute Gasteiger partial charge is 0.234 e. The summed E-state index contributed by atoms with van der Waals surface area (Å²) in [6.07, 6.45) is 14.2. The van der Waals surface area contributed by atoms with Crippen LogP contribution < -0.4 is 0 Å². The quantitative estimate of drug-likeness (QED) is 0.349. The van der Waals surface area contributed by atoms with Crippen molar-refractivity contribution < 1.29 is 14.6 Å². The predicted molar refractivity (Wildman–Crippen MR) is 100 cm³/mol. The van der Waals surface area contributed by atoms with Crippen LogP contribution >= 0.6 is 23.2 Å². The summed E-state index contributed by atoms with van der Waals surface area (Å²) in [7, 11) is 0. The zero-order valence-corrected chi connectivity index (χ0v) is 16.5. The molecular formula is C19H34Cl2O3. The summed E-state index contributed by atoms with van der Waals surface area (Å²) < 4.78 is 5.42. The fraction of sp³-hybridized carbons (Fsp3) is 0.947. The molecule has 3 nitrogen and oxygen atoms in total. The summed E-state index contributed by atoms with van der Waals surface area (Å²) >= 11 is 11.2. The number of rotatable bonds is 6. The van der Waals surface area contributed by atoms with Crippen LogP contribution in [0.15, 0.2) is 0 Å². The molecule has 5 heteroatoms. The van der Waals surface area contributed by atoms with Crippen molar-refractivity contribution in [3.8, 4) is 0 Å². The van der Waals surface area contributed by atoms with Gasteiger partial charge in [-0.3, -0.25) is 4.79 Å². The molecule has 142 valence electrons. The van der Waals surface area contributed by atoms with Crippen molar-refractivity contribution in [3.05, 3.63) is 0 Å².